The van der Waals surface area contributed by atoms with Gasteiger partial charge in [-0.15, -0.1) is 0 Å². The molecule has 2 aliphatic carbocycles. The standard InChI is InChI=1S/C27H34N2O2/c1-31-25-9-5-8-22(16-25)27-14-15-29(18-20-10-11-20)19-23(27)12-13-24(17-27)28-26(30)21-6-3-2-4-7-21/h2-9,16,20,23-24H,10-15,17-19H2,1H3,(H,28,30)/t23-,24+,27+/m1/s1. The number of hydrogen-bond acceptors (Lipinski definition) is 3. The summed E-state index contributed by atoms with van der Waals surface area (Å²) in [5.74, 6) is 2.56. The Morgan fingerprint density at radius 1 is 1.10 bits per heavy atom. The average Bonchev–Trinajstić information content (AvgIpc) is 3.64. The van der Waals surface area contributed by atoms with Gasteiger partial charge in [-0.25, -0.2) is 0 Å². The highest BCUT2D eigenvalue weighted by Gasteiger charge is 2.48. The molecule has 3 atom stereocenters. The summed E-state index contributed by atoms with van der Waals surface area (Å²) in [6, 6.07) is 18.5. The number of likely N-dealkylation sites (tertiary alicyclic amines) is 1. The Bertz CT molecular complexity index is 910. The molecular formula is C27H34N2O2. The number of ether oxygens (including phenoxy) is 1. The van der Waals surface area contributed by atoms with E-state index in [2.05, 4.69) is 28.4 Å². The molecule has 2 saturated carbocycles. The summed E-state index contributed by atoms with van der Waals surface area (Å²) in [6.45, 7) is 3.62. The SMILES string of the molecule is COc1cccc([C@@]23CCN(CC4CC4)C[C@H]2CC[C@H](NC(=O)c2ccccc2)C3)c1. The molecule has 0 radical (unpaired) electrons. The summed E-state index contributed by atoms with van der Waals surface area (Å²) >= 11 is 0. The van der Waals surface area contributed by atoms with Gasteiger partial charge in [-0.2, -0.15) is 0 Å². The molecule has 31 heavy (non-hydrogen) atoms. The highest BCUT2D eigenvalue weighted by molar-refractivity contribution is 5.94. The first kappa shape index (κ1) is 20.6. The fourth-order valence-corrected chi connectivity index (χ4v) is 5.96. The second-order valence-electron chi connectivity index (χ2n) is 9.86. The number of benzene rings is 2. The summed E-state index contributed by atoms with van der Waals surface area (Å²) in [5.41, 5.74) is 2.25. The van der Waals surface area contributed by atoms with E-state index in [1.165, 1.54) is 31.5 Å². The van der Waals surface area contributed by atoms with Crippen LogP contribution in [0.25, 0.3) is 0 Å². The molecule has 4 nitrogen and oxygen atoms in total. The number of rotatable bonds is 6. The van der Waals surface area contributed by atoms with Crippen molar-refractivity contribution in [2.24, 2.45) is 11.8 Å². The van der Waals surface area contributed by atoms with Gasteiger partial charge in [0.1, 0.15) is 5.75 Å². The number of piperidine rings is 1. The van der Waals surface area contributed by atoms with Crippen LogP contribution in [0, 0.1) is 11.8 Å². The Balaban J connectivity index is 1.38. The highest BCUT2D eigenvalue weighted by Crippen LogP contribution is 2.50. The van der Waals surface area contributed by atoms with Gasteiger partial charge in [0, 0.05) is 30.1 Å². The Hall–Kier alpha value is -2.33. The minimum absolute atomic E-state index is 0.0519. The number of hydrogen-bond donors (Lipinski definition) is 1. The zero-order chi connectivity index (χ0) is 21.3. The Labute approximate surface area is 186 Å². The third-order valence-electron chi connectivity index (χ3n) is 7.84. The summed E-state index contributed by atoms with van der Waals surface area (Å²) in [5, 5.41) is 3.36. The van der Waals surface area contributed by atoms with E-state index >= 15 is 0 Å². The van der Waals surface area contributed by atoms with E-state index in [0.29, 0.717) is 5.92 Å². The van der Waals surface area contributed by atoms with Crippen LogP contribution < -0.4 is 10.1 Å². The third kappa shape index (κ3) is 4.36. The highest BCUT2D eigenvalue weighted by atomic mass is 16.5. The van der Waals surface area contributed by atoms with Crippen molar-refractivity contribution in [2.45, 2.75) is 50.0 Å². The molecule has 5 rings (SSSR count). The van der Waals surface area contributed by atoms with E-state index in [1.54, 1.807) is 7.11 Å². The molecule has 3 fully saturated rings. The van der Waals surface area contributed by atoms with Crippen LogP contribution in [0.5, 0.6) is 5.75 Å². The maximum Gasteiger partial charge on any atom is 0.251 e. The zero-order valence-corrected chi connectivity index (χ0v) is 18.6. The molecule has 1 saturated heterocycles. The van der Waals surface area contributed by atoms with Crippen molar-refractivity contribution in [1.82, 2.24) is 10.2 Å². The van der Waals surface area contributed by atoms with Crippen LogP contribution in [0.2, 0.25) is 0 Å². The maximum absolute atomic E-state index is 12.9. The lowest BCUT2D eigenvalue weighted by molar-refractivity contribution is 0.0403. The second-order valence-corrected chi connectivity index (χ2v) is 9.86. The minimum Gasteiger partial charge on any atom is -0.497 e. The number of nitrogens with zero attached hydrogens (tertiary/aromatic N) is 1. The predicted octanol–water partition coefficient (Wildman–Crippen LogP) is 4.65. The molecule has 0 aromatic heterocycles. The predicted molar refractivity (Wildman–Crippen MR) is 123 cm³/mol. The van der Waals surface area contributed by atoms with E-state index in [4.69, 9.17) is 4.74 Å². The van der Waals surface area contributed by atoms with Gasteiger partial charge in [-0.05, 0) is 86.7 Å². The van der Waals surface area contributed by atoms with Crippen molar-refractivity contribution in [3.8, 4) is 5.75 Å². The van der Waals surface area contributed by atoms with E-state index in [9.17, 15) is 4.79 Å². The van der Waals surface area contributed by atoms with Crippen molar-refractivity contribution in [1.29, 1.82) is 0 Å². The summed E-state index contributed by atoms with van der Waals surface area (Å²) in [6.07, 6.45) is 7.23. The Morgan fingerprint density at radius 2 is 1.94 bits per heavy atom. The minimum atomic E-state index is 0.0519. The first-order chi connectivity index (χ1) is 15.2. The summed E-state index contributed by atoms with van der Waals surface area (Å²) < 4.78 is 5.57. The van der Waals surface area contributed by atoms with E-state index in [0.717, 1.165) is 49.5 Å². The molecule has 0 bridgehead atoms. The Kier molecular flexibility index (Phi) is 5.75. The lowest BCUT2D eigenvalue weighted by Crippen LogP contribution is -2.56. The fourth-order valence-electron chi connectivity index (χ4n) is 5.96. The van der Waals surface area contributed by atoms with Crippen LogP contribution in [-0.2, 0) is 5.41 Å². The molecule has 164 valence electrons. The third-order valence-corrected chi connectivity index (χ3v) is 7.84. The van der Waals surface area contributed by atoms with Crippen molar-refractivity contribution in [3.05, 3.63) is 65.7 Å². The first-order valence-electron chi connectivity index (χ1n) is 11.9. The van der Waals surface area contributed by atoms with Crippen molar-refractivity contribution in [2.75, 3.05) is 26.7 Å². The number of methoxy groups -OCH3 is 1. The quantitative estimate of drug-likeness (QED) is 0.743. The largest absolute Gasteiger partial charge is 0.497 e. The van der Waals surface area contributed by atoms with Crippen LogP contribution in [0.1, 0.15) is 54.4 Å². The number of carbonyl (C=O) groups is 1. The molecule has 0 spiro atoms. The van der Waals surface area contributed by atoms with Crippen LogP contribution in [-0.4, -0.2) is 43.6 Å². The smallest absolute Gasteiger partial charge is 0.251 e. The molecular weight excluding hydrogens is 384 g/mol. The summed E-state index contributed by atoms with van der Waals surface area (Å²) in [4.78, 5) is 15.6. The molecule has 2 aromatic carbocycles. The van der Waals surface area contributed by atoms with Gasteiger partial charge in [0.05, 0.1) is 7.11 Å². The zero-order valence-electron chi connectivity index (χ0n) is 18.6. The van der Waals surface area contributed by atoms with Crippen molar-refractivity contribution in [3.63, 3.8) is 0 Å². The maximum atomic E-state index is 12.9. The molecule has 1 aliphatic heterocycles. The number of nitrogens with one attached hydrogen (secondary N) is 1. The van der Waals surface area contributed by atoms with Crippen molar-refractivity contribution < 1.29 is 9.53 Å². The van der Waals surface area contributed by atoms with Crippen LogP contribution in [0.4, 0.5) is 0 Å². The Morgan fingerprint density at radius 3 is 2.71 bits per heavy atom. The van der Waals surface area contributed by atoms with Gasteiger partial charge in [0.2, 0.25) is 0 Å². The molecule has 3 aliphatic rings. The molecule has 1 heterocycles. The lowest BCUT2D eigenvalue weighted by atomic mass is 9.58. The number of amides is 1. The van der Waals surface area contributed by atoms with Crippen LogP contribution >= 0.6 is 0 Å². The van der Waals surface area contributed by atoms with Crippen LogP contribution in [0.3, 0.4) is 0 Å². The van der Waals surface area contributed by atoms with Gasteiger partial charge in [-0.1, -0.05) is 30.3 Å². The number of carbonyl (C=O) groups excluding carboxylic acids is 1. The average molecular weight is 419 g/mol. The van der Waals surface area contributed by atoms with E-state index in [1.807, 2.05) is 36.4 Å². The van der Waals surface area contributed by atoms with Gasteiger partial charge in [0.15, 0.2) is 0 Å². The molecule has 4 heteroatoms. The normalized spacial score (nSPS) is 28.5. The molecule has 0 unspecified atom stereocenters. The topological polar surface area (TPSA) is 41.6 Å². The molecule has 1 amide bonds. The van der Waals surface area contributed by atoms with Gasteiger partial charge in [-0.3, -0.25) is 4.79 Å². The molecule has 1 N–H and O–H groups in total. The summed E-state index contributed by atoms with van der Waals surface area (Å²) in [7, 11) is 1.75. The second kappa shape index (κ2) is 8.66. The monoisotopic (exact) mass is 418 g/mol. The van der Waals surface area contributed by atoms with Crippen molar-refractivity contribution >= 4 is 5.91 Å². The fraction of sp³-hybridized carbons (Fsp3) is 0.519. The van der Waals surface area contributed by atoms with Gasteiger partial charge >= 0.3 is 0 Å². The lowest BCUT2D eigenvalue weighted by Gasteiger charge is -2.53. The van der Waals surface area contributed by atoms with E-state index < -0.39 is 0 Å². The van der Waals surface area contributed by atoms with Gasteiger partial charge in [0.25, 0.3) is 5.91 Å². The first-order valence-corrected chi connectivity index (χ1v) is 11.9. The molecule has 2 aromatic rings. The van der Waals surface area contributed by atoms with Crippen LogP contribution in [0.15, 0.2) is 54.6 Å². The van der Waals surface area contributed by atoms with E-state index in [-0.39, 0.29) is 17.4 Å². The number of fused-ring (bicyclic) bond motifs is 1. The van der Waals surface area contributed by atoms with Gasteiger partial charge < -0.3 is 15.0 Å².